The number of unbranched alkanes of at least 4 members (excludes halogenated alkanes) is 14. The SMILES string of the molecule is CCCCCCCCCCCCCCCC/C=C/C[N+](CCC(C)C(=O)O)(CCC(C)C(=O)O)CCC(C)C(=O)O. The quantitative estimate of drug-likeness (QED) is 0.0463. The fourth-order valence-electron chi connectivity index (χ4n) is 5.25. The van der Waals surface area contributed by atoms with E-state index >= 15 is 0 Å². The van der Waals surface area contributed by atoms with Crippen LogP contribution in [0.1, 0.15) is 143 Å². The Morgan fingerprint density at radius 2 is 0.854 bits per heavy atom. The first-order valence-corrected chi connectivity index (χ1v) is 16.7. The molecule has 3 N–H and O–H groups in total. The molecule has 7 heteroatoms. The van der Waals surface area contributed by atoms with Crippen molar-refractivity contribution in [2.24, 2.45) is 17.8 Å². The minimum atomic E-state index is -0.839. The van der Waals surface area contributed by atoms with Crippen molar-refractivity contribution in [2.45, 2.75) is 143 Å². The van der Waals surface area contributed by atoms with Crippen molar-refractivity contribution in [1.82, 2.24) is 0 Å². The second-order valence-corrected chi connectivity index (χ2v) is 12.6. The van der Waals surface area contributed by atoms with Gasteiger partial charge < -0.3 is 19.8 Å². The van der Waals surface area contributed by atoms with Gasteiger partial charge in [-0.05, 0) is 18.9 Å². The molecule has 3 atom stereocenters. The van der Waals surface area contributed by atoms with Crippen LogP contribution < -0.4 is 0 Å². The highest BCUT2D eigenvalue weighted by Crippen LogP contribution is 2.20. The predicted molar refractivity (Wildman–Crippen MR) is 168 cm³/mol. The lowest BCUT2D eigenvalue weighted by Crippen LogP contribution is -2.52. The molecule has 0 aliphatic carbocycles. The molecule has 0 aliphatic rings. The molecule has 0 bridgehead atoms. The van der Waals surface area contributed by atoms with Gasteiger partial charge in [0.2, 0.25) is 0 Å². The van der Waals surface area contributed by atoms with Gasteiger partial charge in [0, 0.05) is 19.3 Å². The molecule has 0 amide bonds. The maximum Gasteiger partial charge on any atom is 0.306 e. The van der Waals surface area contributed by atoms with Crippen LogP contribution in [0, 0.1) is 17.8 Å². The fraction of sp³-hybridized carbons (Fsp3) is 0.853. The molecule has 0 saturated carbocycles. The Labute approximate surface area is 251 Å². The third-order valence-electron chi connectivity index (χ3n) is 8.76. The summed E-state index contributed by atoms with van der Waals surface area (Å²) in [5.74, 6) is -4.01. The topological polar surface area (TPSA) is 112 Å². The van der Waals surface area contributed by atoms with E-state index in [0.29, 0.717) is 49.9 Å². The zero-order chi connectivity index (χ0) is 30.9. The van der Waals surface area contributed by atoms with Gasteiger partial charge in [0.1, 0.15) is 0 Å². The van der Waals surface area contributed by atoms with Gasteiger partial charge in [-0.2, -0.15) is 0 Å². The van der Waals surface area contributed by atoms with Crippen LogP contribution in [0.15, 0.2) is 12.2 Å². The number of quaternary nitrogens is 1. The maximum absolute atomic E-state index is 11.5. The van der Waals surface area contributed by atoms with E-state index in [1.165, 1.54) is 83.5 Å². The van der Waals surface area contributed by atoms with Crippen LogP contribution in [-0.4, -0.2) is 63.9 Å². The van der Waals surface area contributed by atoms with Gasteiger partial charge in [0.05, 0.1) is 43.9 Å². The zero-order valence-corrected chi connectivity index (χ0v) is 27.0. The summed E-state index contributed by atoms with van der Waals surface area (Å²) < 4.78 is 0.530. The Bertz CT molecular complexity index is 662. The standard InChI is InChI=1S/C34H63NO6/c1-5-6-7-8-9-10-11-12-13-14-15-16-17-18-19-20-21-25-35(26-22-29(2)32(36)37,27-23-30(3)33(38)39)28-24-31(4)34(40)41/h20-21,29-31H,5-19,22-28H2,1-4H3,(H2-,36,37,38,39,40,41)/p+1/b21-20+. The summed E-state index contributed by atoms with van der Waals surface area (Å²) in [4.78, 5) is 34.4. The van der Waals surface area contributed by atoms with Crippen molar-refractivity contribution in [2.75, 3.05) is 26.2 Å². The summed E-state index contributed by atoms with van der Waals surface area (Å²) in [5.41, 5.74) is 0. The van der Waals surface area contributed by atoms with E-state index in [0.717, 1.165) is 12.8 Å². The first kappa shape index (κ1) is 39.1. The molecule has 3 unspecified atom stereocenters. The Hall–Kier alpha value is -1.89. The van der Waals surface area contributed by atoms with Crippen LogP contribution in [0.25, 0.3) is 0 Å². The second-order valence-electron chi connectivity index (χ2n) is 12.6. The lowest BCUT2D eigenvalue weighted by atomic mass is 10.0. The number of nitrogens with zero attached hydrogens (tertiary/aromatic N) is 1. The Morgan fingerprint density at radius 1 is 0.537 bits per heavy atom. The highest BCUT2D eigenvalue weighted by Gasteiger charge is 2.31. The molecular weight excluding hydrogens is 518 g/mol. The molecule has 0 aromatic rings. The molecule has 0 fully saturated rings. The summed E-state index contributed by atoms with van der Waals surface area (Å²) in [6.45, 7) is 9.80. The summed E-state index contributed by atoms with van der Waals surface area (Å²) in [6, 6.07) is 0. The van der Waals surface area contributed by atoms with Crippen LogP contribution in [0.2, 0.25) is 0 Å². The number of hydrogen-bond donors (Lipinski definition) is 3. The van der Waals surface area contributed by atoms with Gasteiger partial charge in [-0.25, -0.2) is 0 Å². The average Bonchev–Trinajstić information content (AvgIpc) is 2.94. The second kappa shape index (κ2) is 24.7. The molecule has 0 heterocycles. The molecule has 0 spiro atoms. The van der Waals surface area contributed by atoms with Crippen LogP contribution >= 0.6 is 0 Å². The molecule has 0 radical (unpaired) electrons. The van der Waals surface area contributed by atoms with E-state index in [4.69, 9.17) is 0 Å². The molecule has 0 saturated heterocycles. The van der Waals surface area contributed by atoms with E-state index in [-0.39, 0.29) is 0 Å². The average molecular weight is 583 g/mol. The molecule has 0 aliphatic heterocycles. The first-order valence-electron chi connectivity index (χ1n) is 16.7. The summed E-state index contributed by atoms with van der Waals surface area (Å²) in [6.07, 6.45) is 25.5. The Balaban J connectivity index is 4.66. The van der Waals surface area contributed by atoms with Gasteiger partial charge in [-0.1, -0.05) is 117 Å². The number of carbonyl (C=O) groups is 3. The van der Waals surface area contributed by atoms with Crippen LogP contribution in [-0.2, 0) is 14.4 Å². The van der Waals surface area contributed by atoms with Crippen LogP contribution in [0.5, 0.6) is 0 Å². The van der Waals surface area contributed by atoms with Crippen molar-refractivity contribution in [1.29, 1.82) is 0 Å². The minimum absolute atomic E-state index is 0.477. The van der Waals surface area contributed by atoms with E-state index in [9.17, 15) is 29.7 Å². The maximum atomic E-state index is 11.5. The normalized spacial score (nSPS) is 15.4. The first-order chi connectivity index (χ1) is 19.5. The summed E-state index contributed by atoms with van der Waals surface area (Å²) in [5, 5.41) is 28.2. The number of aliphatic carboxylic acids is 3. The lowest BCUT2D eigenvalue weighted by Gasteiger charge is -2.39. The largest absolute Gasteiger partial charge is 0.481 e. The van der Waals surface area contributed by atoms with Gasteiger partial charge in [-0.3, -0.25) is 14.4 Å². The zero-order valence-electron chi connectivity index (χ0n) is 27.0. The Morgan fingerprint density at radius 3 is 1.17 bits per heavy atom. The third kappa shape index (κ3) is 21.5. The number of carboxylic acid groups (broad SMARTS) is 3. The van der Waals surface area contributed by atoms with Gasteiger partial charge in [0.15, 0.2) is 0 Å². The van der Waals surface area contributed by atoms with Crippen molar-refractivity contribution >= 4 is 17.9 Å². The van der Waals surface area contributed by atoms with Crippen LogP contribution in [0.3, 0.4) is 0 Å². The molecule has 0 aromatic heterocycles. The molecule has 0 aromatic carbocycles. The van der Waals surface area contributed by atoms with E-state index in [2.05, 4.69) is 19.1 Å². The summed E-state index contributed by atoms with van der Waals surface area (Å²) >= 11 is 0. The molecular formula is C34H64NO6+. The van der Waals surface area contributed by atoms with Crippen molar-refractivity contribution in [3.05, 3.63) is 12.2 Å². The van der Waals surface area contributed by atoms with Gasteiger partial charge >= 0.3 is 17.9 Å². The van der Waals surface area contributed by atoms with E-state index in [1.54, 1.807) is 20.8 Å². The highest BCUT2D eigenvalue weighted by atomic mass is 16.4. The Kier molecular flexibility index (Phi) is 23.5. The van der Waals surface area contributed by atoms with Crippen molar-refractivity contribution in [3.63, 3.8) is 0 Å². The van der Waals surface area contributed by atoms with E-state index < -0.39 is 35.7 Å². The number of hydrogen-bond acceptors (Lipinski definition) is 3. The minimum Gasteiger partial charge on any atom is -0.481 e. The molecule has 7 nitrogen and oxygen atoms in total. The predicted octanol–water partition coefficient (Wildman–Crippen LogP) is 8.56. The highest BCUT2D eigenvalue weighted by molar-refractivity contribution is 5.70. The number of rotatable bonds is 29. The van der Waals surface area contributed by atoms with Gasteiger partial charge in [0.25, 0.3) is 0 Å². The number of allylic oxidation sites excluding steroid dienone is 1. The fourth-order valence-corrected chi connectivity index (χ4v) is 5.25. The smallest absolute Gasteiger partial charge is 0.306 e. The monoisotopic (exact) mass is 582 g/mol. The third-order valence-corrected chi connectivity index (χ3v) is 8.76. The summed E-state index contributed by atoms with van der Waals surface area (Å²) in [7, 11) is 0. The molecule has 41 heavy (non-hydrogen) atoms. The molecule has 240 valence electrons. The molecule has 0 rings (SSSR count). The number of carboxylic acids is 3. The lowest BCUT2D eigenvalue weighted by molar-refractivity contribution is -0.924. The van der Waals surface area contributed by atoms with Gasteiger partial charge in [-0.15, -0.1) is 0 Å². The van der Waals surface area contributed by atoms with Crippen molar-refractivity contribution < 1.29 is 34.2 Å². The van der Waals surface area contributed by atoms with Crippen LogP contribution in [0.4, 0.5) is 0 Å². The van der Waals surface area contributed by atoms with E-state index in [1.807, 2.05) is 0 Å². The van der Waals surface area contributed by atoms with Crippen molar-refractivity contribution in [3.8, 4) is 0 Å².